The smallest absolute Gasteiger partial charge is 0.304 e. The Kier molecular flexibility index (Phi) is 4.43. The van der Waals surface area contributed by atoms with Crippen molar-refractivity contribution in [1.82, 2.24) is 14.3 Å². The van der Waals surface area contributed by atoms with Gasteiger partial charge < -0.3 is 15.3 Å². The topological polar surface area (TPSA) is 110 Å². The van der Waals surface area contributed by atoms with E-state index in [-0.39, 0.29) is 22.9 Å². The van der Waals surface area contributed by atoms with Gasteiger partial charge in [0.1, 0.15) is 0 Å². The minimum atomic E-state index is -3.61. The number of thiazole rings is 1. The normalized spacial score (nSPS) is 11.9. The first-order valence-electron chi connectivity index (χ1n) is 6.01. The summed E-state index contributed by atoms with van der Waals surface area (Å²) in [6, 6.07) is 1.56. The predicted octanol–water partition coefficient (Wildman–Crippen LogP) is 0.195. The first-order valence-corrected chi connectivity index (χ1v) is 8.38. The van der Waals surface area contributed by atoms with Gasteiger partial charge in [-0.15, -0.1) is 0 Å². The van der Waals surface area contributed by atoms with Crippen molar-refractivity contribution in [3.63, 3.8) is 0 Å². The highest BCUT2D eigenvalue weighted by Gasteiger charge is 2.17. The molecule has 2 rings (SSSR count). The molecule has 2 aromatic heterocycles. The van der Waals surface area contributed by atoms with Crippen LogP contribution in [0.4, 0.5) is 0 Å². The molecule has 0 amide bonds. The van der Waals surface area contributed by atoms with E-state index in [1.165, 1.54) is 0 Å². The van der Waals surface area contributed by atoms with Gasteiger partial charge in [-0.3, -0.25) is 4.79 Å². The standard InChI is InChI=1S/C11H16N4O3S2/c1-2-15-6-10(3-9(15)4-12)20(17,18)13-5-8-7-19-11(16)14-8/h3,6-7,13H,2,4-5,12H2,1H3,(H,14,16). The van der Waals surface area contributed by atoms with Crippen molar-refractivity contribution in [1.29, 1.82) is 0 Å². The summed E-state index contributed by atoms with van der Waals surface area (Å²) in [5.41, 5.74) is 6.88. The second-order valence-electron chi connectivity index (χ2n) is 4.16. The maximum atomic E-state index is 12.2. The molecule has 0 spiro atoms. The van der Waals surface area contributed by atoms with E-state index in [1.54, 1.807) is 22.2 Å². The third kappa shape index (κ3) is 3.18. The summed E-state index contributed by atoms with van der Waals surface area (Å²) in [6.45, 7) is 2.90. The summed E-state index contributed by atoms with van der Waals surface area (Å²) in [5.74, 6) is 0. The van der Waals surface area contributed by atoms with Crippen LogP contribution in [0.5, 0.6) is 0 Å². The molecule has 0 fully saturated rings. The Bertz CT molecular complexity index is 720. The number of nitrogens with zero attached hydrogens (tertiary/aromatic N) is 1. The molecule has 0 radical (unpaired) electrons. The highest BCUT2D eigenvalue weighted by molar-refractivity contribution is 7.89. The number of nitrogens with one attached hydrogen (secondary N) is 2. The van der Waals surface area contributed by atoms with Crippen LogP contribution in [-0.4, -0.2) is 18.0 Å². The number of aromatic nitrogens is 2. The van der Waals surface area contributed by atoms with Gasteiger partial charge in [-0.25, -0.2) is 13.1 Å². The number of hydrogen-bond donors (Lipinski definition) is 3. The van der Waals surface area contributed by atoms with E-state index in [4.69, 9.17) is 5.73 Å². The van der Waals surface area contributed by atoms with Crippen molar-refractivity contribution in [2.24, 2.45) is 5.73 Å². The molecular formula is C11H16N4O3S2. The van der Waals surface area contributed by atoms with E-state index in [2.05, 4.69) is 9.71 Å². The number of sulfonamides is 1. The fourth-order valence-corrected chi connectivity index (χ4v) is 3.45. The van der Waals surface area contributed by atoms with Gasteiger partial charge in [-0.1, -0.05) is 11.3 Å². The monoisotopic (exact) mass is 316 g/mol. The van der Waals surface area contributed by atoms with Crippen LogP contribution in [-0.2, 0) is 29.7 Å². The number of aryl methyl sites for hydroxylation is 1. The Labute approximate surface area is 120 Å². The second kappa shape index (κ2) is 5.92. The summed E-state index contributed by atoms with van der Waals surface area (Å²) in [7, 11) is -3.61. The molecule has 2 aromatic rings. The summed E-state index contributed by atoms with van der Waals surface area (Å²) in [5, 5.41) is 1.59. The molecule has 0 bridgehead atoms. The Balaban J connectivity index is 2.17. The lowest BCUT2D eigenvalue weighted by Crippen LogP contribution is -2.23. The van der Waals surface area contributed by atoms with Crippen LogP contribution in [0, 0.1) is 0 Å². The van der Waals surface area contributed by atoms with Crippen molar-refractivity contribution in [3.8, 4) is 0 Å². The molecular weight excluding hydrogens is 300 g/mol. The van der Waals surface area contributed by atoms with Crippen LogP contribution in [0.2, 0.25) is 0 Å². The van der Waals surface area contributed by atoms with Gasteiger partial charge >= 0.3 is 4.87 Å². The van der Waals surface area contributed by atoms with Crippen LogP contribution in [0.25, 0.3) is 0 Å². The number of rotatable bonds is 6. The molecule has 0 aromatic carbocycles. The van der Waals surface area contributed by atoms with Crippen LogP contribution < -0.4 is 15.3 Å². The van der Waals surface area contributed by atoms with E-state index >= 15 is 0 Å². The van der Waals surface area contributed by atoms with E-state index in [0.29, 0.717) is 12.2 Å². The quantitative estimate of drug-likeness (QED) is 0.707. The lowest BCUT2D eigenvalue weighted by atomic mass is 10.4. The van der Waals surface area contributed by atoms with E-state index in [1.807, 2.05) is 6.92 Å². The Morgan fingerprint density at radius 2 is 2.25 bits per heavy atom. The van der Waals surface area contributed by atoms with Crippen LogP contribution in [0.15, 0.2) is 27.3 Å². The highest BCUT2D eigenvalue weighted by atomic mass is 32.2. The molecule has 0 saturated heterocycles. The zero-order valence-electron chi connectivity index (χ0n) is 10.9. The molecule has 0 atom stereocenters. The first kappa shape index (κ1) is 15.0. The van der Waals surface area contributed by atoms with Crippen molar-refractivity contribution in [2.45, 2.75) is 31.5 Å². The molecule has 0 aliphatic heterocycles. The third-order valence-corrected chi connectivity index (χ3v) is 4.93. The number of aromatic amines is 1. The molecule has 110 valence electrons. The van der Waals surface area contributed by atoms with Gasteiger partial charge in [0.25, 0.3) is 0 Å². The van der Waals surface area contributed by atoms with Crippen LogP contribution in [0.3, 0.4) is 0 Å². The van der Waals surface area contributed by atoms with Crippen molar-refractivity contribution in [2.75, 3.05) is 0 Å². The summed E-state index contributed by atoms with van der Waals surface area (Å²) >= 11 is 0.998. The minimum Gasteiger partial charge on any atom is -0.349 e. The molecule has 0 unspecified atom stereocenters. The Morgan fingerprint density at radius 1 is 1.50 bits per heavy atom. The molecule has 2 heterocycles. The Morgan fingerprint density at radius 3 is 2.75 bits per heavy atom. The maximum absolute atomic E-state index is 12.2. The lowest BCUT2D eigenvalue weighted by molar-refractivity contribution is 0.580. The van der Waals surface area contributed by atoms with Gasteiger partial charge in [-0.05, 0) is 13.0 Å². The summed E-state index contributed by atoms with van der Waals surface area (Å²) in [4.78, 5) is 13.5. The maximum Gasteiger partial charge on any atom is 0.304 e. The van der Waals surface area contributed by atoms with Gasteiger partial charge in [0, 0.05) is 36.1 Å². The van der Waals surface area contributed by atoms with Gasteiger partial charge in [0.2, 0.25) is 10.0 Å². The van der Waals surface area contributed by atoms with Crippen molar-refractivity contribution in [3.05, 3.63) is 38.7 Å². The average Bonchev–Trinajstić information content (AvgIpc) is 3.02. The summed E-state index contributed by atoms with van der Waals surface area (Å²) in [6.07, 6.45) is 1.56. The van der Waals surface area contributed by atoms with Gasteiger partial charge in [0.05, 0.1) is 11.4 Å². The number of nitrogens with two attached hydrogens (primary N) is 1. The van der Waals surface area contributed by atoms with Crippen LogP contribution in [0.1, 0.15) is 18.3 Å². The fraction of sp³-hybridized carbons (Fsp3) is 0.364. The third-order valence-electron chi connectivity index (χ3n) is 2.84. The largest absolute Gasteiger partial charge is 0.349 e. The molecule has 4 N–H and O–H groups in total. The second-order valence-corrected chi connectivity index (χ2v) is 6.76. The lowest BCUT2D eigenvalue weighted by Gasteiger charge is -2.03. The molecule has 9 heteroatoms. The number of H-pyrrole nitrogens is 1. The van der Waals surface area contributed by atoms with E-state index < -0.39 is 10.0 Å². The Hall–Kier alpha value is -1.42. The summed E-state index contributed by atoms with van der Waals surface area (Å²) < 4.78 is 28.6. The number of hydrogen-bond acceptors (Lipinski definition) is 5. The molecule has 7 nitrogen and oxygen atoms in total. The minimum absolute atomic E-state index is 0.0519. The zero-order valence-corrected chi connectivity index (χ0v) is 12.6. The zero-order chi connectivity index (χ0) is 14.8. The molecule has 20 heavy (non-hydrogen) atoms. The predicted molar refractivity (Wildman–Crippen MR) is 77.0 cm³/mol. The molecule has 0 saturated carbocycles. The highest BCUT2D eigenvalue weighted by Crippen LogP contribution is 2.14. The molecule has 0 aliphatic rings. The van der Waals surface area contributed by atoms with Crippen molar-refractivity contribution >= 4 is 21.4 Å². The van der Waals surface area contributed by atoms with E-state index in [9.17, 15) is 13.2 Å². The SMILES string of the molecule is CCn1cc(S(=O)(=O)NCc2csc(=O)[nH]2)cc1CN. The average molecular weight is 316 g/mol. The van der Waals surface area contributed by atoms with Gasteiger partial charge in [-0.2, -0.15) is 0 Å². The molecule has 0 aliphatic carbocycles. The first-order chi connectivity index (χ1) is 9.46. The fourth-order valence-electron chi connectivity index (χ4n) is 1.80. The van der Waals surface area contributed by atoms with E-state index in [0.717, 1.165) is 17.0 Å². The van der Waals surface area contributed by atoms with Crippen LogP contribution >= 0.6 is 11.3 Å². The van der Waals surface area contributed by atoms with Crippen molar-refractivity contribution < 1.29 is 8.42 Å². The van der Waals surface area contributed by atoms with Gasteiger partial charge in [0.15, 0.2) is 0 Å².